The van der Waals surface area contributed by atoms with Crippen LogP contribution in [0.15, 0.2) is 42.5 Å². The van der Waals surface area contributed by atoms with Gasteiger partial charge in [0.25, 0.3) is 0 Å². The number of carboxylic acid groups (broad SMARTS) is 1. The second-order valence-corrected chi connectivity index (χ2v) is 6.71. The number of nitrogens with zero attached hydrogens (tertiary/aromatic N) is 2. The molecule has 0 aliphatic carbocycles. The first kappa shape index (κ1) is 21.6. The van der Waals surface area contributed by atoms with E-state index in [-0.39, 0.29) is 5.69 Å². The van der Waals surface area contributed by atoms with Crippen molar-refractivity contribution in [3.8, 4) is 28.3 Å². The lowest BCUT2D eigenvalue weighted by molar-refractivity contribution is 0.0687. The summed E-state index contributed by atoms with van der Waals surface area (Å²) >= 11 is 12.2. The zero-order valence-corrected chi connectivity index (χ0v) is 17.6. The number of aromatic carboxylic acids is 1. The maximum Gasteiger partial charge on any atom is 0.353 e. The molecule has 0 unspecified atom stereocenters. The first-order chi connectivity index (χ1) is 13.3. The predicted molar refractivity (Wildman–Crippen MR) is 114 cm³/mol. The summed E-state index contributed by atoms with van der Waals surface area (Å²) in [6, 6.07) is 14.7. The maximum absolute atomic E-state index is 11.7. The third-order valence-electron chi connectivity index (χ3n) is 4.42. The number of aromatic nitrogens is 1. The summed E-state index contributed by atoms with van der Waals surface area (Å²) in [7, 11) is 1.64. The lowest BCUT2D eigenvalue weighted by Crippen LogP contribution is -2.06. The Bertz CT molecular complexity index is 1060. The Morgan fingerprint density at radius 1 is 1.07 bits per heavy atom. The van der Waals surface area contributed by atoms with Crippen LogP contribution in [-0.2, 0) is 7.05 Å². The van der Waals surface area contributed by atoms with Gasteiger partial charge in [-0.05, 0) is 30.2 Å². The average molecular weight is 415 g/mol. The van der Waals surface area contributed by atoms with Crippen LogP contribution in [0.25, 0.3) is 22.3 Å². The number of carbonyl (C=O) groups is 1. The number of carboxylic acids is 1. The summed E-state index contributed by atoms with van der Waals surface area (Å²) in [6.45, 7) is 5.73. The standard InChI is InChI=1S/C20H14Cl2N2O2.C2H6/c1-11-16(10-23)18(19(20(25)26)24(11)2)13-5-3-12(4-6-13)15-8-7-14(21)9-17(15)22;1-2/h3-9H,1-2H3,(H,25,26);1-2H3. The molecule has 1 aromatic heterocycles. The smallest absolute Gasteiger partial charge is 0.353 e. The number of hydrogen-bond acceptors (Lipinski definition) is 2. The molecule has 0 aliphatic rings. The van der Waals surface area contributed by atoms with Crippen molar-refractivity contribution in [1.82, 2.24) is 4.57 Å². The zero-order valence-electron chi connectivity index (χ0n) is 16.0. The summed E-state index contributed by atoms with van der Waals surface area (Å²) in [4.78, 5) is 11.7. The van der Waals surface area contributed by atoms with E-state index in [9.17, 15) is 15.2 Å². The highest BCUT2D eigenvalue weighted by atomic mass is 35.5. The molecule has 1 N–H and O–H groups in total. The van der Waals surface area contributed by atoms with E-state index in [1.165, 1.54) is 4.57 Å². The lowest BCUT2D eigenvalue weighted by Gasteiger charge is -2.08. The molecule has 0 bridgehead atoms. The van der Waals surface area contributed by atoms with E-state index in [1.54, 1.807) is 38.2 Å². The highest BCUT2D eigenvalue weighted by molar-refractivity contribution is 6.36. The Morgan fingerprint density at radius 3 is 2.14 bits per heavy atom. The van der Waals surface area contributed by atoms with E-state index < -0.39 is 5.97 Å². The molecule has 0 saturated carbocycles. The topological polar surface area (TPSA) is 66.0 Å². The first-order valence-corrected chi connectivity index (χ1v) is 9.49. The van der Waals surface area contributed by atoms with Gasteiger partial charge in [-0.15, -0.1) is 0 Å². The summed E-state index contributed by atoms with van der Waals surface area (Å²) in [5, 5.41) is 20.2. The highest BCUT2D eigenvalue weighted by Crippen LogP contribution is 2.35. The van der Waals surface area contributed by atoms with Gasteiger partial charge in [-0.3, -0.25) is 0 Å². The van der Waals surface area contributed by atoms with Gasteiger partial charge in [-0.1, -0.05) is 67.4 Å². The molecule has 1 heterocycles. The van der Waals surface area contributed by atoms with Crippen molar-refractivity contribution in [3.63, 3.8) is 0 Å². The fourth-order valence-corrected chi connectivity index (χ4v) is 3.53. The Labute approximate surface area is 174 Å². The van der Waals surface area contributed by atoms with Gasteiger partial charge < -0.3 is 9.67 Å². The molecule has 0 saturated heterocycles. The molecule has 3 aromatic rings. The van der Waals surface area contributed by atoms with Crippen molar-refractivity contribution in [2.75, 3.05) is 0 Å². The quantitative estimate of drug-likeness (QED) is 0.526. The van der Waals surface area contributed by atoms with E-state index in [1.807, 2.05) is 32.0 Å². The fourth-order valence-electron chi connectivity index (χ4n) is 3.01. The molecule has 144 valence electrons. The zero-order chi connectivity index (χ0) is 21.0. The molecular weight excluding hydrogens is 395 g/mol. The van der Waals surface area contributed by atoms with Crippen molar-refractivity contribution < 1.29 is 9.90 Å². The van der Waals surface area contributed by atoms with Crippen molar-refractivity contribution >= 4 is 29.2 Å². The Hall–Kier alpha value is -2.74. The second-order valence-electron chi connectivity index (χ2n) is 5.86. The van der Waals surface area contributed by atoms with E-state index in [0.29, 0.717) is 32.4 Å². The molecule has 0 aliphatic heterocycles. The molecule has 0 amide bonds. The van der Waals surface area contributed by atoms with Crippen LogP contribution in [0, 0.1) is 18.3 Å². The first-order valence-electron chi connectivity index (χ1n) is 8.73. The molecule has 0 atom stereocenters. The van der Waals surface area contributed by atoms with Crippen LogP contribution in [0.3, 0.4) is 0 Å². The van der Waals surface area contributed by atoms with Gasteiger partial charge in [0.15, 0.2) is 0 Å². The maximum atomic E-state index is 11.7. The van der Waals surface area contributed by atoms with Crippen molar-refractivity contribution in [2.24, 2.45) is 7.05 Å². The molecule has 0 spiro atoms. The number of nitriles is 1. The van der Waals surface area contributed by atoms with Crippen LogP contribution >= 0.6 is 23.2 Å². The van der Waals surface area contributed by atoms with Crippen molar-refractivity contribution in [1.29, 1.82) is 5.26 Å². The van der Waals surface area contributed by atoms with E-state index in [4.69, 9.17) is 23.2 Å². The SMILES string of the molecule is CC.Cc1c(C#N)c(-c2ccc(-c3ccc(Cl)cc3Cl)cc2)c(C(=O)O)n1C. The molecule has 28 heavy (non-hydrogen) atoms. The Kier molecular flexibility index (Phi) is 6.90. The highest BCUT2D eigenvalue weighted by Gasteiger charge is 2.24. The predicted octanol–water partition coefficient (Wildman–Crippen LogP) is 6.57. The third kappa shape index (κ3) is 3.91. The molecule has 3 rings (SSSR count). The van der Waals surface area contributed by atoms with Crippen molar-refractivity contribution in [3.05, 3.63) is 69.5 Å². The number of halogens is 2. The van der Waals surface area contributed by atoms with E-state index in [2.05, 4.69) is 6.07 Å². The van der Waals surface area contributed by atoms with Crippen LogP contribution in [-0.4, -0.2) is 15.6 Å². The fraction of sp³-hybridized carbons (Fsp3) is 0.182. The minimum Gasteiger partial charge on any atom is -0.477 e. The molecule has 2 aromatic carbocycles. The lowest BCUT2D eigenvalue weighted by atomic mass is 9.97. The number of benzene rings is 2. The Morgan fingerprint density at radius 2 is 1.64 bits per heavy atom. The minimum atomic E-state index is -1.07. The summed E-state index contributed by atoms with van der Waals surface area (Å²) in [5.41, 5.74) is 3.86. The minimum absolute atomic E-state index is 0.0938. The molecule has 0 radical (unpaired) electrons. The van der Waals surface area contributed by atoms with Crippen LogP contribution in [0.1, 0.15) is 35.6 Å². The summed E-state index contributed by atoms with van der Waals surface area (Å²) in [6.07, 6.45) is 0. The van der Waals surface area contributed by atoms with Gasteiger partial charge in [0.05, 0.1) is 5.56 Å². The van der Waals surface area contributed by atoms with Crippen LogP contribution < -0.4 is 0 Å². The van der Waals surface area contributed by atoms with Crippen molar-refractivity contribution in [2.45, 2.75) is 20.8 Å². The number of rotatable bonds is 3. The Balaban J connectivity index is 0.00000136. The van der Waals surface area contributed by atoms with E-state index >= 15 is 0 Å². The molecule has 4 nitrogen and oxygen atoms in total. The van der Waals surface area contributed by atoms with Gasteiger partial charge in [0, 0.05) is 33.9 Å². The monoisotopic (exact) mass is 414 g/mol. The summed E-state index contributed by atoms with van der Waals surface area (Å²) in [5.74, 6) is -1.07. The van der Waals surface area contributed by atoms with Crippen LogP contribution in [0.4, 0.5) is 0 Å². The van der Waals surface area contributed by atoms with Crippen LogP contribution in [0.5, 0.6) is 0 Å². The molecule has 0 fully saturated rings. The van der Waals surface area contributed by atoms with Gasteiger partial charge in [0.2, 0.25) is 0 Å². The molecule has 6 heteroatoms. The van der Waals surface area contributed by atoms with Gasteiger partial charge in [-0.2, -0.15) is 5.26 Å². The van der Waals surface area contributed by atoms with E-state index in [0.717, 1.165) is 11.1 Å². The molecular formula is C22H20Cl2N2O2. The van der Waals surface area contributed by atoms with Gasteiger partial charge in [0.1, 0.15) is 11.8 Å². The summed E-state index contributed by atoms with van der Waals surface area (Å²) < 4.78 is 1.53. The van der Waals surface area contributed by atoms with Gasteiger partial charge in [-0.25, -0.2) is 4.79 Å². The van der Waals surface area contributed by atoms with Crippen LogP contribution in [0.2, 0.25) is 10.0 Å². The normalized spacial score (nSPS) is 10.0. The second kappa shape index (κ2) is 8.97. The number of hydrogen-bond donors (Lipinski definition) is 1. The average Bonchev–Trinajstić information content (AvgIpc) is 2.94. The van der Waals surface area contributed by atoms with Gasteiger partial charge >= 0.3 is 5.97 Å². The largest absolute Gasteiger partial charge is 0.477 e. The third-order valence-corrected chi connectivity index (χ3v) is 4.97.